The van der Waals surface area contributed by atoms with Crippen LogP contribution in [0.5, 0.6) is 5.75 Å². The Hall–Kier alpha value is -2.58. The smallest absolute Gasteiger partial charge is 0.294 e. The van der Waals surface area contributed by atoms with Crippen LogP contribution in [0.25, 0.3) is 6.08 Å². The SMILES string of the molecule is CCOc1ccc(/C=C2\SC(=O)N(CC(=O)Nc3ccc(C)cc3)C2=O)cc1Br. The molecule has 0 atom stereocenters. The quantitative estimate of drug-likeness (QED) is 0.606. The molecule has 8 heteroatoms. The van der Waals surface area contributed by atoms with Crippen molar-refractivity contribution in [1.82, 2.24) is 4.90 Å². The van der Waals surface area contributed by atoms with E-state index in [0.29, 0.717) is 18.0 Å². The lowest BCUT2D eigenvalue weighted by atomic mass is 10.2. The fraction of sp³-hybridized carbons (Fsp3) is 0.190. The Kier molecular flexibility index (Phi) is 6.76. The number of carbonyl (C=O) groups excluding carboxylic acids is 3. The number of nitrogens with one attached hydrogen (secondary N) is 1. The molecule has 0 spiro atoms. The number of nitrogens with zero attached hydrogens (tertiary/aromatic N) is 1. The number of aryl methyl sites for hydroxylation is 1. The second-order valence-corrected chi connectivity index (χ2v) is 8.15. The third kappa shape index (κ3) is 5.27. The molecule has 6 nitrogen and oxygen atoms in total. The first-order valence-electron chi connectivity index (χ1n) is 8.91. The van der Waals surface area contributed by atoms with E-state index in [0.717, 1.165) is 32.3 Å². The molecule has 1 N–H and O–H groups in total. The number of ether oxygens (including phenoxy) is 1. The first-order chi connectivity index (χ1) is 13.9. The van der Waals surface area contributed by atoms with Crippen LogP contribution in [0.4, 0.5) is 10.5 Å². The Morgan fingerprint density at radius 3 is 2.59 bits per heavy atom. The van der Waals surface area contributed by atoms with Gasteiger partial charge in [-0.3, -0.25) is 19.3 Å². The molecule has 0 saturated carbocycles. The fourth-order valence-electron chi connectivity index (χ4n) is 2.65. The Labute approximate surface area is 181 Å². The molecule has 150 valence electrons. The van der Waals surface area contributed by atoms with E-state index >= 15 is 0 Å². The van der Waals surface area contributed by atoms with Crippen LogP contribution < -0.4 is 10.1 Å². The van der Waals surface area contributed by atoms with E-state index in [1.54, 1.807) is 30.3 Å². The van der Waals surface area contributed by atoms with Gasteiger partial charge in [-0.1, -0.05) is 23.8 Å². The predicted molar refractivity (Wildman–Crippen MR) is 118 cm³/mol. The molecule has 1 aliphatic rings. The van der Waals surface area contributed by atoms with Gasteiger partial charge in [-0.2, -0.15) is 0 Å². The molecular formula is C21H19BrN2O4S. The highest BCUT2D eigenvalue weighted by atomic mass is 79.9. The first-order valence-corrected chi connectivity index (χ1v) is 10.5. The molecule has 0 aliphatic carbocycles. The fourth-order valence-corrected chi connectivity index (χ4v) is 4.00. The maximum atomic E-state index is 12.6. The summed E-state index contributed by atoms with van der Waals surface area (Å²) in [4.78, 5) is 38.3. The normalized spacial score (nSPS) is 15.1. The van der Waals surface area contributed by atoms with Gasteiger partial charge in [0, 0.05) is 5.69 Å². The maximum Gasteiger partial charge on any atom is 0.294 e. The van der Waals surface area contributed by atoms with Gasteiger partial charge in [-0.15, -0.1) is 0 Å². The molecule has 1 fully saturated rings. The van der Waals surface area contributed by atoms with E-state index in [4.69, 9.17) is 4.74 Å². The van der Waals surface area contributed by atoms with Crippen molar-refractivity contribution >= 4 is 56.5 Å². The van der Waals surface area contributed by atoms with Gasteiger partial charge < -0.3 is 10.1 Å². The van der Waals surface area contributed by atoms with Gasteiger partial charge in [0.15, 0.2) is 0 Å². The molecular weight excluding hydrogens is 456 g/mol. The predicted octanol–water partition coefficient (Wildman–Crippen LogP) is 4.83. The number of anilines is 1. The van der Waals surface area contributed by atoms with E-state index in [9.17, 15) is 14.4 Å². The molecule has 0 unspecified atom stereocenters. The molecule has 29 heavy (non-hydrogen) atoms. The Morgan fingerprint density at radius 2 is 1.93 bits per heavy atom. The van der Waals surface area contributed by atoms with Crippen LogP contribution in [-0.2, 0) is 9.59 Å². The maximum absolute atomic E-state index is 12.6. The lowest BCUT2D eigenvalue weighted by Crippen LogP contribution is -2.36. The summed E-state index contributed by atoms with van der Waals surface area (Å²) < 4.78 is 6.22. The summed E-state index contributed by atoms with van der Waals surface area (Å²) in [6, 6.07) is 12.7. The van der Waals surface area contributed by atoms with Crippen molar-refractivity contribution in [2.24, 2.45) is 0 Å². The minimum Gasteiger partial charge on any atom is -0.493 e. The average Bonchev–Trinajstić information content (AvgIpc) is 2.93. The van der Waals surface area contributed by atoms with E-state index in [1.807, 2.05) is 32.0 Å². The highest BCUT2D eigenvalue weighted by molar-refractivity contribution is 9.10. The van der Waals surface area contributed by atoms with Gasteiger partial charge in [-0.05, 0) is 77.4 Å². The van der Waals surface area contributed by atoms with Gasteiger partial charge in [-0.25, -0.2) is 0 Å². The number of halogens is 1. The number of rotatable bonds is 6. The summed E-state index contributed by atoms with van der Waals surface area (Å²) in [5.74, 6) is -0.212. The van der Waals surface area contributed by atoms with Crippen LogP contribution in [0.15, 0.2) is 51.8 Å². The highest BCUT2D eigenvalue weighted by Gasteiger charge is 2.36. The summed E-state index contributed by atoms with van der Waals surface area (Å²) in [6.07, 6.45) is 1.63. The van der Waals surface area contributed by atoms with Crippen molar-refractivity contribution in [3.63, 3.8) is 0 Å². The Morgan fingerprint density at radius 1 is 1.21 bits per heavy atom. The summed E-state index contributed by atoms with van der Waals surface area (Å²) in [5.41, 5.74) is 2.43. The summed E-state index contributed by atoms with van der Waals surface area (Å²) in [5, 5.41) is 2.23. The molecule has 1 heterocycles. The Balaban J connectivity index is 1.69. The number of imide groups is 1. The molecule has 2 aromatic rings. The van der Waals surface area contributed by atoms with Crippen LogP contribution in [-0.4, -0.2) is 35.1 Å². The highest BCUT2D eigenvalue weighted by Crippen LogP contribution is 2.33. The number of hydrogen-bond acceptors (Lipinski definition) is 5. The third-order valence-corrected chi connectivity index (χ3v) is 5.59. The molecule has 0 bridgehead atoms. The van der Waals surface area contributed by atoms with E-state index in [-0.39, 0.29) is 11.4 Å². The van der Waals surface area contributed by atoms with Gasteiger partial charge >= 0.3 is 0 Å². The molecule has 2 aromatic carbocycles. The minimum atomic E-state index is -0.482. The number of amides is 3. The van der Waals surface area contributed by atoms with Crippen molar-refractivity contribution in [3.8, 4) is 5.75 Å². The van der Waals surface area contributed by atoms with Gasteiger partial charge in [0.2, 0.25) is 5.91 Å². The van der Waals surface area contributed by atoms with Crippen molar-refractivity contribution in [1.29, 1.82) is 0 Å². The van der Waals surface area contributed by atoms with Crippen LogP contribution in [0.1, 0.15) is 18.1 Å². The van der Waals surface area contributed by atoms with Gasteiger partial charge in [0.25, 0.3) is 11.1 Å². The van der Waals surface area contributed by atoms with Crippen molar-refractivity contribution in [2.75, 3.05) is 18.5 Å². The molecule has 1 aliphatic heterocycles. The lowest BCUT2D eigenvalue weighted by molar-refractivity contribution is -0.127. The molecule has 1 saturated heterocycles. The van der Waals surface area contributed by atoms with Crippen molar-refractivity contribution in [2.45, 2.75) is 13.8 Å². The average molecular weight is 475 g/mol. The number of hydrogen-bond donors (Lipinski definition) is 1. The van der Waals surface area contributed by atoms with Gasteiger partial charge in [0.1, 0.15) is 12.3 Å². The standard InChI is InChI=1S/C21H19BrN2O4S/c1-3-28-17-9-6-14(10-16(17)22)11-18-20(26)24(21(27)29-18)12-19(25)23-15-7-4-13(2)5-8-15/h4-11H,3,12H2,1-2H3,(H,23,25)/b18-11-. The monoisotopic (exact) mass is 474 g/mol. The summed E-state index contributed by atoms with van der Waals surface area (Å²) in [6.45, 7) is 4.05. The minimum absolute atomic E-state index is 0.272. The number of benzene rings is 2. The second-order valence-electron chi connectivity index (χ2n) is 6.30. The van der Waals surface area contributed by atoms with E-state index in [2.05, 4.69) is 21.2 Å². The van der Waals surface area contributed by atoms with Crippen LogP contribution >= 0.6 is 27.7 Å². The Bertz CT molecular complexity index is 989. The molecule has 0 aromatic heterocycles. The second kappa shape index (κ2) is 9.28. The summed E-state index contributed by atoms with van der Waals surface area (Å²) >= 11 is 4.25. The first kappa shape index (κ1) is 21.1. The number of carbonyl (C=O) groups is 3. The van der Waals surface area contributed by atoms with Crippen LogP contribution in [0.3, 0.4) is 0 Å². The van der Waals surface area contributed by atoms with Crippen LogP contribution in [0, 0.1) is 6.92 Å². The van der Waals surface area contributed by atoms with Gasteiger partial charge in [0.05, 0.1) is 16.0 Å². The van der Waals surface area contributed by atoms with Crippen LogP contribution in [0.2, 0.25) is 0 Å². The third-order valence-electron chi connectivity index (χ3n) is 4.06. The largest absolute Gasteiger partial charge is 0.493 e. The zero-order chi connectivity index (χ0) is 21.0. The van der Waals surface area contributed by atoms with E-state index in [1.165, 1.54) is 0 Å². The molecule has 3 amide bonds. The van der Waals surface area contributed by atoms with Crippen molar-refractivity contribution in [3.05, 3.63) is 63.0 Å². The molecule has 0 radical (unpaired) electrons. The number of thioether (sulfide) groups is 1. The topological polar surface area (TPSA) is 75.7 Å². The zero-order valence-corrected chi connectivity index (χ0v) is 18.3. The lowest BCUT2D eigenvalue weighted by Gasteiger charge is -2.12. The summed E-state index contributed by atoms with van der Waals surface area (Å²) in [7, 11) is 0. The molecule has 3 rings (SSSR count). The van der Waals surface area contributed by atoms with E-state index < -0.39 is 17.1 Å². The zero-order valence-electron chi connectivity index (χ0n) is 15.9. The van der Waals surface area contributed by atoms with Crippen molar-refractivity contribution < 1.29 is 19.1 Å².